The van der Waals surface area contributed by atoms with Gasteiger partial charge in [0.15, 0.2) is 4.34 Å². The van der Waals surface area contributed by atoms with Crippen molar-refractivity contribution in [1.82, 2.24) is 15.5 Å². The van der Waals surface area contributed by atoms with Gasteiger partial charge < -0.3 is 15.4 Å². The number of rotatable bonds is 9. The van der Waals surface area contributed by atoms with Crippen LogP contribution in [0.1, 0.15) is 5.56 Å². The number of anilines is 1. The molecule has 2 aromatic rings. The maximum atomic E-state index is 11.8. The molecule has 1 aromatic carbocycles. The van der Waals surface area contributed by atoms with Crippen LogP contribution in [0.3, 0.4) is 0 Å². The van der Waals surface area contributed by atoms with Gasteiger partial charge in [-0.05, 0) is 5.56 Å². The van der Waals surface area contributed by atoms with Crippen LogP contribution < -0.4 is 10.6 Å². The summed E-state index contributed by atoms with van der Waals surface area (Å²) in [6, 6.07) is 9.83. The molecule has 0 saturated carbocycles. The Morgan fingerprint density at radius 2 is 2.14 bits per heavy atom. The number of amides is 1. The van der Waals surface area contributed by atoms with Crippen LogP contribution in [0.2, 0.25) is 0 Å². The lowest BCUT2D eigenvalue weighted by molar-refractivity contribution is -0.118. The van der Waals surface area contributed by atoms with E-state index in [1.165, 1.54) is 23.1 Å². The summed E-state index contributed by atoms with van der Waals surface area (Å²) in [6.07, 6.45) is 0. The Bertz CT molecular complexity index is 577. The van der Waals surface area contributed by atoms with Gasteiger partial charge >= 0.3 is 0 Å². The van der Waals surface area contributed by atoms with E-state index in [9.17, 15) is 4.79 Å². The Morgan fingerprint density at radius 1 is 1.32 bits per heavy atom. The quantitative estimate of drug-likeness (QED) is 0.538. The van der Waals surface area contributed by atoms with Crippen LogP contribution in [0, 0.1) is 0 Å². The smallest absolute Gasteiger partial charge is 0.230 e. The van der Waals surface area contributed by atoms with Crippen LogP contribution in [0.5, 0.6) is 0 Å². The first-order valence-electron chi connectivity index (χ1n) is 6.77. The van der Waals surface area contributed by atoms with Crippen molar-refractivity contribution >= 4 is 34.1 Å². The number of methoxy groups -OCH3 is 1. The second-order valence-corrected chi connectivity index (χ2v) is 6.54. The number of carbonyl (C=O) groups is 1. The fourth-order valence-electron chi connectivity index (χ4n) is 1.57. The Balaban J connectivity index is 1.67. The van der Waals surface area contributed by atoms with Gasteiger partial charge in [-0.1, -0.05) is 53.4 Å². The molecule has 0 fully saturated rings. The number of hydrogen-bond donors (Lipinski definition) is 2. The topological polar surface area (TPSA) is 76.1 Å². The molecule has 22 heavy (non-hydrogen) atoms. The molecule has 0 aliphatic heterocycles. The van der Waals surface area contributed by atoms with E-state index in [1.54, 1.807) is 7.11 Å². The molecular formula is C14H18N4O2S2. The third kappa shape index (κ3) is 6.00. The van der Waals surface area contributed by atoms with E-state index in [4.69, 9.17) is 4.74 Å². The van der Waals surface area contributed by atoms with E-state index in [2.05, 4.69) is 20.8 Å². The summed E-state index contributed by atoms with van der Waals surface area (Å²) < 4.78 is 5.72. The van der Waals surface area contributed by atoms with Crippen LogP contribution in [0.4, 0.5) is 5.13 Å². The van der Waals surface area contributed by atoms with Crippen LogP contribution in [0.25, 0.3) is 0 Å². The largest absolute Gasteiger partial charge is 0.383 e. The first-order valence-corrected chi connectivity index (χ1v) is 8.58. The Labute approximate surface area is 137 Å². The third-order valence-corrected chi connectivity index (χ3v) is 4.66. The van der Waals surface area contributed by atoms with Gasteiger partial charge in [-0.15, -0.1) is 10.2 Å². The first-order chi connectivity index (χ1) is 10.8. The summed E-state index contributed by atoms with van der Waals surface area (Å²) in [5.41, 5.74) is 1.08. The molecule has 0 unspecified atom stereocenters. The Kier molecular flexibility index (Phi) is 7.14. The Hall–Kier alpha value is -1.64. The van der Waals surface area contributed by atoms with Crippen molar-refractivity contribution < 1.29 is 9.53 Å². The molecule has 0 aliphatic rings. The van der Waals surface area contributed by atoms with Gasteiger partial charge in [0.05, 0.1) is 12.4 Å². The zero-order valence-electron chi connectivity index (χ0n) is 12.2. The average Bonchev–Trinajstić information content (AvgIpc) is 3.00. The van der Waals surface area contributed by atoms with Crippen LogP contribution in [-0.4, -0.2) is 42.1 Å². The van der Waals surface area contributed by atoms with Gasteiger partial charge in [0, 0.05) is 20.2 Å². The molecule has 118 valence electrons. The number of ether oxygens (including phenoxy) is 1. The molecule has 0 spiro atoms. The third-order valence-electron chi connectivity index (χ3n) is 2.65. The Morgan fingerprint density at radius 3 is 2.91 bits per heavy atom. The van der Waals surface area contributed by atoms with E-state index in [1.807, 2.05) is 30.3 Å². The van der Waals surface area contributed by atoms with E-state index in [-0.39, 0.29) is 5.91 Å². The minimum atomic E-state index is -0.0158. The highest BCUT2D eigenvalue weighted by molar-refractivity contribution is 8.01. The zero-order valence-corrected chi connectivity index (χ0v) is 13.9. The standard InChI is InChI=1S/C14H18N4O2S2/c1-20-8-7-15-13-17-18-14(22-13)21-10-12(19)16-9-11-5-3-2-4-6-11/h2-6H,7-10H2,1H3,(H,15,17)(H,16,19). The predicted octanol–water partition coefficient (Wildman–Crippen LogP) is 2.00. The molecule has 1 amide bonds. The SMILES string of the molecule is COCCNc1nnc(SCC(=O)NCc2ccccc2)s1. The molecule has 0 atom stereocenters. The van der Waals surface area contributed by atoms with E-state index in [0.717, 1.165) is 15.0 Å². The lowest BCUT2D eigenvalue weighted by Gasteiger charge is -2.03. The van der Waals surface area contributed by atoms with Crippen molar-refractivity contribution in [2.45, 2.75) is 10.9 Å². The van der Waals surface area contributed by atoms with Crippen LogP contribution in [-0.2, 0) is 16.1 Å². The molecule has 0 aliphatic carbocycles. The minimum absolute atomic E-state index is 0.0158. The molecule has 0 bridgehead atoms. The molecule has 0 radical (unpaired) electrons. The summed E-state index contributed by atoms with van der Waals surface area (Å²) in [5, 5.41) is 14.8. The average molecular weight is 338 g/mol. The highest BCUT2D eigenvalue weighted by Crippen LogP contribution is 2.24. The highest BCUT2D eigenvalue weighted by atomic mass is 32.2. The van der Waals surface area contributed by atoms with Crippen molar-refractivity contribution in [2.75, 3.05) is 31.3 Å². The number of nitrogens with one attached hydrogen (secondary N) is 2. The molecule has 2 rings (SSSR count). The molecule has 6 nitrogen and oxygen atoms in total. The summed E-state index contributed by atoms with van der Waals surface area (Å²) in [4.78, 5) is 11.8. The molecule has 1 aromatic heterocycles. The number of hydrogen-bond acceptors (Lipinski definition) is 7. The summed E-state index contributed by atoms with van der Waals surface area (Å²) in [6.45, 7) is 1.84. The summed E-state index contributed by atoms with van der Waals surface area (Å²) in [5.74, 6) is 0.317. The maximum absolute atomic E-state index is 11.8. The molecule has 8 heteroatoms. The number of aromatic nitrogens is 2. The summed E-state index contributed by atoms with van der Waals surface area (Å²) >= 11 is 2.82. The number of thioether (sulfide) groups is 1. The predicted molar refractivity (Wildman–Crippen MR) is 89.3 cm³/mol. The van der Waals surface area contributed by atoms with Gasteiger partial charge in [0.25, 0.3) is 0 Å². The maximum Gasteiger partial charge on any atom is 0.230 e. The van der Waals surface area contributed by atoms with Gasteiger partial charge in [-0.2, -0.15) is 0 Å². The molecule has 1 heterocycles. The van der Waals surface area contributed by atoms with Gasteiger partial charge in [-0.3, -0.25) is 4.79 Å². The fraction of sp³-hybridized carbons (Fsp3) is 0.357. The number of benzene rings is 1. The van der Waals surface area contributed by atoms with Crippen molar-refractivity contribution in [1.29, 1.82) is 0 Å². The lowest BCUT2D eigenvalue weighted by atomic mass is 10.2. The van der Waals surface area contributed by atoms with E-state index >= 15 is 0 Å². The molecular weight excluding hydrogens is 320 g/mol. The molecule has 0 saturated heterocycles. The van der Waals surface area contributed by atoms with Crippen LogP contribution in [0.15, 0.2) is 34.7 Å². The van der Waals surface area contributed by atoms with Crippen LogP contribution >= 0.6 is 23.1 Å². The van der Waals surface area contributed by atoms with Gasteiger partial charge in [0.2, 0.25) is 11.0 Å². The second kappa shape index (κ2) is 9.39. The van der Waals surface area contributed by atoms with Crippen molar-refractivity contribution in [2.24, 2.45) is 0 Å². The minimum Gasteiger partial charge on any atom is -0.383 e. The fourth-order valence-corrected chi connectivity index (χ4v) is 3.18. The lowest BCUT2D eigenvalue weighted by Crippen LogP contribution is -2.24. The van der Waals surface area contributed by atoms with Crippen molar-refractivity contribution in [3.05, 3.63) is 35.9 Å². The van der Waals surface area contributed by atoms with Crippen molar-refractivity contribution in [3.63, 3.8) is 0 Å². The first kappa shape index (κ1) is 16.7. The summed E-state index contributed by atoms with van der Waals surface area (Å²) in [7, 11) is 1.65. The molecule has 2 N–H and O–H groups in total. The number of carbonyl (C=O) groups excluding carboxylic acids is 1. The number of nitrogens with zero attached hydrogens (tertiary/aromatic N) is 2. The highest BCUT2D eigenvalue weighted by Gasteiger charge is 2.07. The second-order valence-electron chi connectivity index (χ2n) is 4.34. The van der Waals surface area contributed by atoms with Gasteiger partial charge in [0.1, 0.15) is 0 Å². The van der Waals surface area contributed by atoms with Crippen molar-refractivity contribution in [3.8, 4) is 0 Å². The van der Waals surface area contributed by atoms with Gasteiger partial charge in [-0.25, -0.2) is 0 Å². The van der Waals surface area contributed by atoms with E-state index in [0.29, 0.717) is 25.4 Å². The van der Waals surface area contributed by atoms with E-state index < -0.39 is 0 Å². The monoisotopic (exact) mass is 338 g/mol. The normalized spacial score (nSPS) is 10.4. The zero-order chi connectivity index (χ0) is 15.6.